The number of anilines is 12. The van der Waals surface area contributed by atoms with Crippen LogP contribution in [0.1, 0.15) is 110 Å². The van der Waals surface area contributed by atoms with Crippen LogP contribution in [0.15, 0.2) is 295 Å². The van der Waals surface area contributed by atoms with Gasteiger partial charge in [0.25, 0.3) is 0 Å². The molecule has 4 amide bonds. The van der Waals surface area contributed by atoms with Crippen LogP contribution in [0.25, 0.3) is 67.1 Å². The molecule has 0 spiro atoms. The number of nitrogens with one attached hydrogen (secondary N) is 4. The summed E-state index contributed by atoms with van der Waals surface area (Å²) in [5.41, 5.74) is 43.0. The Kier molecular flexibility index (Phi) is 31.0. The standard InChI is InChI=1S/C26H26N6O.C25H25N7O.C25H24N6O.C24H23N7O.4H2S/c1-3-22(33)31-14-7-10-21(31)26-30-23(24-25(27)28-13-15-32(24)26)18-11-12-20(17(2)16-18)29-19-8-5-4-6-9-19;1-3-21(33)31-13-6-7-19(31)25-30-22(23-24(26)28-12-14-32(23)25)17-9-10-18(16(2)15-17)29-20-8-4-5-11-27-20;1-2-21(32)30-15-6-9-20(30)25-29-22(23-24(26)27-14-16-31(23)25)17-10-12-19(13-11-17)28-18-7-4-3-5-8-18;1-2-20(32)30-14-5-6-18(30)24-29-21(22-23(25)27-13-15-31(22)24)16-8-10-17(11-9-16)28-19-7-3-4-12-26-19;;;;/h3-6,8-9,11-13,15-16,21,29H,1,7,10,14H2,2H3,(H2,27,28);3-5,8-12,14-15,19H,1,6-7,13H2,2H3,(H2,26,28)(H,27,29);2-5,7-8,10-14,16,20,28H,1,6,9,15H2,(H2,26,27);2-4,7-13,15,18H,1,5-6,14H2,(H2,25,27)(H,26,28);4*1H2/t21-;19-;20-;18-;;;;/m0000..../s1. The summed E-state index contributed by atoms with van der Waals surface area (Å²) in [5.74, 6) is 6.02. The number of hydrogen-bond acceptors (Lipinski definition) is 22. The number of imidazole rings is 4. The molecule has 0 bridgehead atoms. The zero-order valence-corrected chi connectivity index (χ0v) is 78.0. The number of para-hydroxylation sites is 2. The van der Waals surface area contributed by atoms with Crippen molar-refractivity contribution in [2.45, 2.75) is 89.4 Å². The van der Waals surface area contributed by atoms with Gasteiger partial charge in [0.2, 0.25) is 23.6 Å². The van der Waals surface area contributed by atoms with Gasteiger partial charge >= 0.3 is 0 Å². The van der Waals surface area contributed by atoms with Crippen molar-refractivity contribution in [3.8, 4) is 45.0 Å². The maximum absolute atomic E-state index is 12.4. The van der Waals surface area contributed by atoms with Gasteiger partial charge in [0.05, 0.1) is 24.2 Å². The Balaban J connectivity index is 0.000000150. The van der Waals surface area contributed by atoms with Crippen molar-refractivity contribution >= 4 is 169 Å². The van der Waals surface area contributed by atoms with Crippen molar-refractivity contribution in [1.82, 2.24) is 87.0 Å². The van der Waals surface area contributed by atoms with E-state index in [2.05, 4.69) is 103 Å². The van der Waals surface area contributed by atoms with E-state index in [0.717, 1.165) is 199 Å². The van der Waals surface area contributed by atoms with Gasteiger partial charge in [-0.1, -0.05) is 111 Å². The maximum Gasteiger partial charge on any atom is 0.246 e. The number of carbonyl (C=O) groups excluding carboxylic acids is 4. The summed E-state index contributed by atoms with van der Waals surface area (Å²) in [7, 11) is 0. The minimum atomic E-state index is -0.134. The molecule has 0 saturated carbocycles. The van der Waals surface area contributed by atoms with Gasteiger partial charge in [0.15, 0.2) is 0 Å². The first-order chi connectivity index (χ1) is 63.4. The van der Waals surface area contributed by atoms with Crippen LogP contribution < -0.4 is 44.2 Å². The summed E-state index contributed by atoms with van der Waals surface area (Å²) in [6.45, 7) is 21.5. The van der Waals surface area contributed by atoms with E-state index < -0.39 is 0 Å². The van der Waals surface area contributed by atoms with Gasteiger partial charge < -0.3 is 63.8 Å². The molecule has 4 fully saturated rings. The molecule has 4 atom stereocenters. The third-order valence-corrected chi connectivity index (χ3v) is 23.8. The fraction of sp³-hybridized carbons (Fsp3) is 0.180. The quantitative estimate of drug-likeness (QED) is 0.0329. The van der Waals surface area contributed by atoms with E-state index in [1.807, 2.05) is 233 Å². The number of likely N-dealkylation sites (tertiary alicyclic amines) is 4. The molecule has 4 saturated heterocycles. The number of rotatable bonds is 20. The third kappa shape index (κ3) is 20.1. The highest BCUT2D eigenvalue weighted by atomic mass is 32.1. The number of nitrogen functional groups attached to an aromatic ring is 4. The molecule has 0 unspecified atom stereocenters. The van der Waals surface area contributed by atoms with E-state index in [-0.39, 0.29) is 102 Å². The van der Waals surface area contributed by atoms with Crippen LogP contribution in [0.3, 0.4) is 0 Å². The molecule has 20 rings (SSSR count). The van der Waals surface area contributed by atoms with Gasteiger partial charge in [0.1, 0.15) is 103 Å². The zero-order valence-electron chi connectivity index (χ0n) is 74.0. The van der Waals surface area contributed by atoms with E-state index in [4.69, 9.17) is 42.9 Å². The van der Waals surface area contributed by atoms with E-state index in [1.165, 1.54) is 24.3 Å². The summed E-state index contributed by atoms with van der Waals surface area (Å²) < 4.78 is 7.86. The van der Waals surface area contributed by atoms with Crippen molar-refractivity contribution in [3.05, 3.63) is 329 Å². The largest absolute Gasteiger partial charge is 0.382 e. The first-order valence-corrected chi connectivity index (χ1v) is 43.1. The molecule has 0 radical (unpaired) electrons. The molecular weight excluding hydrogens is 1760 g/mol. The Hall–Kier alpha value is -15.3. The van der Waals surface area contributed by atoms with Gasteiger partial charge in [-0.25, -0.2) is 49.8 Å². The molecule has 14 heterocycles. The molecule has 4 aliphatic heterocycles. The average Bonchev–Trinajstić information content (AvgIpc) is 1.62. The fourth-order valence-electron chi connectivity index (χ4n) is 17.6. The molecule has 134 heavy (non-hydrogen) atoms. The second-order valence-corrected chi connectivity index (χ2v) is 31.9. The average molecular weight is 1860 g/mol. The molecule has 34 heteroatoms. The fourth-order valence-corrected chi connectivity index (χ4v) is 17.6. The maximum atomic E-state index is 12.4. The van der Waals surface area contributed by atoms with Crippen molar-refractivity contribution in [3.63, 3.8) is 0 Å². The van der Waals surface area contributed by atoms with Crippen molar-refractivity contribution < 1.29 is 19.2 Å². The predicted octanol–water partition coefficient (Wildman–Crippen LogP) is 18.1. The monoisotopic (exact) mass is 1860 g/mol. The number of nitrogens with two attached hydrogens (primary N) is 4. The number of benzene rings is 6. The number of aryl methyl sites for hydroxylation is 2. The molecule has 10 aromatic heterocycles. The third-order valence-electron chi connectivity index (χ3n) is 23.8. The van der Waals surface area contributed by atoms with E-state index >= 15 is 0 Å². The highest BCUT2D eigenvalue weighted by molar-refractivity contribution is 7.59. The molecule has 30 nitrogen and oxygen atoms in total. The van der Waals surface area contributed by atoms with Gasteiger partial charge in [0, 0.05) is 145 Å². The van der Waals surface area contributed by atoms with E-state index in [9.17, 15) is 19.2 Å². The number of fused-ring (bicyclic) bond motifs is 4. The molecule has 16 aromatic rings. The minimum absolute atomic E-state index is 0. The molecule has 12 N–H and O–H groups in total. The molecule has 684 valence electrons. The van der Waals surface area contributed by atoms with Gasteiger partial charge in [-0.15, -0.1) is 0 Å². The second kappa shape index (κ2) is 43.2. The zero-order chi connectivity index (χ0) is 90.1. The highest BCUT2D eigenvalue weighted by Crippen LogP contribution is 2.44. The SMILES string of the molecule is C=CC(=O)N1CCC[C@H]1c1nc(-c2ccc(Nc3ccccc3)c(C)c2)c2c(N)nccn12.C=CC(=O)N1CCC[C@H]1c1nc(-c2ccc(Nc3ccccc3)cc2)c2c(N)nccn12.C=CC(=O)N1CCC[C@H]1c1nc(-c2ccc(Nc3ccccn3)c(C)c2)c2c(N)nccn12.C=CC(=O)N1CCC[C@H]1c1nc(-c2ccc(Nc3ccccn3)cc2)c2c(N)nccn12.S.S.S.S. The van der Waals surface area contributed by atoms with Gasteiger partial charge in [-0.2, -0.15) is 54.0 Å². The van der Waals surface area contributed by atoms with Crippen molar-refractivity contribution in [1.29, 1.82) is 0 Å². The second-order valence-electron chi connectivity index (χ2n) is 31.9. The van der Waals surface area contributed by atoms with Crippen LogP contribution in [-0.4, -0.2) is 137 Å². The van der Waals surface area contributed by atoms with Crippen LogP contribution >= 0.6 is 54.0 Å². The van der Waals surface area contributed by atoms with Gasteiger partial charge in [-0.3, -0.25) is 36.8 Å². The molecule has 6 aromatic carbocycles. The molecule has 4 aliphatic rings. The number of carbonyl (C=O) groups is 4. The topological polar surface area (TPSA) is 380 Å². The number of amides is 4. The van der Waals surface area contributed by atoms with Gasteiger partial charge in [-0.05, 0) is 198 Å². The van der Waals surface area contributed by atoms with Crippen molar-refractivity contribution in [2.24, 2.45) is 0 Å². The summed E-state index contributed by atoms with van der Waals surface area (Å²) in [6, 6.07) is 59.3. The number of hydrogen-bond donors (Lipinski definition) is 8. The first kappa shape index (κ1) is 96.3. The summed E-state index contributed by atoms with van der Waals surface area (Å²) in [4.78, 5) is 103. The number of pyridine rings is 2. The predicted molar refractivity (Wildman–Crippen MR) is 552 cm³/mol. The minimum Gasteiger partial charge on any atom is -0.382 e. The van der Waals surface area contributed by atoms with Crippen LogP contribution in [0.4, 0.5) is 69.0 Å². The normalized spacial score (nSPS) is 15.2. The lowest BCUT2D eigenvalue weighted by Crippen LogP contribution is -2.29. The molecule has 0 aliphatic carbocycles. The lowest BCUT2D eigenvalue weighted by Gasteiger charge is -2.22. The van der Waals surface area contributed by atoms with Crippen LogP contribution in [0.5, 0.6) is 0 Å². The lowest BCUT2D eigenvalue weighted by molar-refractivity contribution is -0.127. The Morgan fingerprint density at radius 1 is 0.321 bits per heavy atom. The van der Waals surface area contributed by atoms with Crippen molar-refractivity contribution in [2.75, 3.05) is 70.4 Å². The Labute approximate surface area is 803 Å². The summed E-state index contributed by atoms with van der Waals surface area (Å²) in [6.07, 6.45) is 30.1. The Morgan fingerprint density at radius 3 is 0.903 bits per heavy atom. The summed E-state index contributed by atoms with van der Waals surface area (Å²) in [5, 5.41) is 13.5. The highest BCUT2D eigenvalue weighted by Gasteiger charge is 2.38. The number of nitrogens with zero attached hydrogens (tertiary/aromatic N) is 18. The smallest absolute Gasteiger partial charge is 0.246 e. The first-order valence-electron chi connectivity index (χ1n) is 43.1. The Morgan fingerprint density at radius 2 is 0.597 bits per heavy atom. The van der Waals surface area contributed by atoms with Crippen LogP contribution in [-0.2, 0) is 19.2 Å². The van der Waals surface area contributed by atoms with E-state index in [1.54, 1.807) is 37.2 Å². The molecular formula is C100H106N26O4S4. The lowest BCUT2D eigenvalue weighted by atomic mass is 10.1. The van der Waals surface area contributed by atoms with E-state index in [0.29, 0.717) is 49.5 Å². The Bertz CT molecular complexity index is 6510. The number of aromatic nitrogens is 14. The summed E-state index contributed by atoms with van der Waals surface area (Å²) >= 11 is 0. The van der Waals surface area contributed by atoms with Crippen LogP contribution in [0.2, 0.25) is 0 Å². The van der Waals surface area contributed by atoms with Crippen LogP contribution in [0, 0.1) is 13.8 Å².